The maximum atomic E-state index is 14.0. The van der Waals surface area contributed by atoms with Crippen LogP contribution in [0.15, 0.2) is 73.1 Å². The number of aromatic nitrogens is 4. The molecule has 0 aliphatic carbocycles. The second-order valence-corrected chi connectivity index (χ2v) is 9.20. The smallest absolute Gasteiger partial charge is 0.337 e. The van der Waals surface area contributed by atoms with Gasteiger partial charge >= 0.3 is 5.97 Å². The maximum Gasteiger partial charge on any atom is 0.337 e. The third-order valence-electron chi connectivity index (χ3n) is 6.07. The highest BCUT2D eigenvalue weighted by atomic mass is 16.5. The number of carbonyl (C=O) groups excluding carboxylic acids is 3. The molecule has 2 aromatic heterocycles. The minimum absolute atomic E-state index is 0.177. The fourth-order valence-electron chi connectivity index (χ4n) is 4.12. The summed E-state index contributed by atoms with van der Waals surface area (Å²) in [5.41, 5.74) is 2.52. The molecule has 0 saturated heterocycles. The largest absolute Gasteiger partial charge is 0.465 e. The zero-order valence-electron chi connectivity index (χ0n) is 21.6. The highest BCUT2D eigenvalue weighted by Gasteiger charge is 2.33. The molecule has 2 aromatic carbocycles. The quantitative estimate of drug-likeness (QED) is 0.322. The first-order valence-electron chi connectivity index (χ1n) is 12.4. The van der Waals surface area contributed by atoms with E-state index in [9.17, 15) is 14.4 Å². The van der Waals surface area contributed by atoms with Crippen LogP contribution in [-0.4, -0.2) is 51.4 Å². The molecule has 0 saturated carbocycles. The highest BCUT2D eigenvalue weighted by molar-refractivity contribution is 6.02. The van der Waals surface area contributed by atoms with Gasteiger partial charge in [-0.1, -0.05) is 37.3 Å². The number of benzene rings is 2. The average molecular weight is 515 g/mol. The Kier molecular flexibility index (Phi) is 8.42. The number of amides is 2. The summed E-state index contributed by atoms with van der Waals surface area (Å²) in [4.78, 5) is 45.5. The second-order valence-electron chi connectivity index (χ2n) is 9.20. The van der Waals surface area contributed by atoms with E-state index in [-0.39, 0.29) is 18.0 Å². The van der Waals surface area contributed by atoms with Crippen LogP contribution in [0.4, 0.5) is 5.69 Å². The van der Waals surface area contributed by atoms with E-state index < -0.39 is 17.9 Å². The summed E-state index contributed by atoms with van der Waals surface area (Å²) >= 11 is 0. The van der Waals surface area contributed by atoms with Crippen molar-refractivity contribution in [2.24, 2.45) is 5.92 Å². The lowest BCUT2D eigenvalue weighted by atomic mass is 10.0. The van der Waals surface area contributed by atoms with E-state index in [2.05, 4.69) is 34.5 Å². The van der Waals surface area contributed by atoms with Crippen LogP contribution in [0.25, 0.3) is 11.0 Å². The maximum absolute atomic E-state index is 14.0. The van der Waals surface area contributed by atoms with Crippen molar-refractivity contribution >= 4 is 34.5 Å². The Labute approximate surface area is 220 Å². The van der Waals surface area contributed by atoms with E-state index in [0.29, 0.717) is 34.7 Å². The molecule has 2 amide bonds. The van der Waals surface area contributed by atoms with Gasteiger partial charge in [-0.05, 0) is 60.4 Å². The zero-order chi connectivity index (χ0) is 27.1. The van der Waals surface area contributed by atoms with Crippen molar-refractivity contribution in [3.63, 3.8) is 0 Å². The molecule has 0 bridgehead atoms. The van der Waals surface area contributed by atoms with Crippen molar-refractivity contribution in [2.45, 2.75) is 32.9 Å². The molecule has 10 heteroatoms. The first-order chi connectivity index (χ1) is 18.4. The number of fused-ring (bicyclic) bond motifs is 1. The molecule has 10 nitrogen and oxygen atoms in total. The van der Waals surface area contributed by atoms with Crippen LogP contribution in [0, 0.1) is 5.92 Å². The predicted molar refractivity (Wildman–Crippen MR) is 142 cm³/mol. The Morgan fingerprint density at radius 3 is 2.53 bits per heavy atom. The first kappa shape index (κ1) is 26.5. The normalized spacial score (nSPS) is 11.8. The number of anilines is 1. The predicted octanol–water partition coefficient (Wildman–Crippen LogP) is 3.55. The molecule has 2 heterocycles. The van der Waals surface area contributed by atoms with E-state index in [1.54, 1.807) is 48.8 Å². The van der Waals surface area contributed by atoms with Crippen molar-refractivity contribution in [2.75, 3.05) is 18.6 Å². The van der Waals surface area contributed by atoms with Gasteiger partial charge in [-0.25, -0.2) is 9.48 Å². The van der Waals surface area contributed by atoms with Crippen LogP contribution >= 0.6 is 0 Å². The van der Waals surface area contributed by atoms with Gasteiger partial charge in [0.15, 0.2) is 0 Å². The van der Waals surface area contributed by atoms with Crippen LogP contribution in [0.1, 0.15) is 42.2 Å². The number of pyridine rings is 1. The van der Waals surface area contributed by atoms with E-state index >= 15 is 0 Å². The topological polar surface area (TPSA) is 119 Å². The standard InChI is InChI=1S/C28H30N6O4/c1-19(2)11-16-30-27(36)26(20-12-14-29-15-13-20)34(22-8-6-7-21(17-22)28(37)38-3)25(35)18-33-24-10-5-4-9-23(24)31-32-33/h4-10,12-15,17,19,26H,11,16,18H2,1-3H3,(H,30,36)/t26-/m1/s1. The minimum Gasteiger partial charge on any atom is -0.465 e. The van der Waals surface area contributed by atoms with Crippen LogP contribution in [0.3, 0.4) is 0 Å². The van der Waals surface area contributed by atoms with Gasteiger partial charge in [0, 0.05) is 24.6 Å². The number of esters is 1. The summed E-state index contributed by atoms with van der Waals surface area (Å²) in [5.74, 6) is -0.922. The Hall–Kier alpha value is -4.60. The highest BCUT2D eigenvalue weighted by Crippen LogP contribution is 2.29. The third kappa shape index (κ3) is 6.03. The Balaban J connectivity index is 1.79. The van der Waals surface area contributed by atoms with Gasteiger partial charge in [0.05, 0.1) is 18.2 Å². The summed E-state index contributed by atoms with van der Waals surface area (Å²) in [5, 5.41) is 11.3. The van der Waals surface area contributed by atoms with Crippen molar-refractivity contribution in [1.82, 2.24) is 25.3 Å². The molecule has 4 aromatic rings. The number of nitrogens with zero attached hydrogens (tertiary/aromatic N) is 5. The molecule has 4 rings (SSSR count). The number of nitrogens with one attached hydrogen (secondary N) is 1. The number of para-hydroxylation sites is 1. The van der Waals surface area contributed by atoms with Crippen LogP contribution < -0.4 is 10.2 Å². The summed E-state index contributed by atoms with van der Waals surface area (Å²) < 4.78 is 6.38. The van der Waals surface area contributed by atoms with Crippen molar-refractivity contribution in [3.8, 4) is 0 Å². The molecule has 38 heavy (non-hydrogen) atoms. The number of rotatable bonds is 10. The van der Waals surface area contributed by atoms with E-state index in [1.807, 2.05) is 24.3 Å². The monoisotopic (exact) mass is 514 g/mol. The Morgan fingerprint density at radius 2 is 1.79 bits per heavy atom. The third-order valence-corrected chi connectivity index (χ3v) is 6.07. The lowest BCUT2D eigenvalue weighted by molar-refractivity contribution is -0.127. The SMILES string of the molecule is COC(=O)c1cccc(N(C(=O)Cn2nnc3ccccc32)[C@@H](C(=O)NCCC(C)C)c2ccncc2)c1. The van der Waals surface area contributed by atoms with Crippen molar-refractivity contribution < 1.29 is 19.1 Å². The van der Waals surface area contributed by atoms with Gasteiger partial charge in [0.25, 0.3) is 0 Å². The average Bonchev–Trinajstić information content (AvgIpc) is 3.34. The summed E-state index contributed by atoms with van der Waals surface area (Å²) in [7, 11) is 1.29. The summed E-state index contributed by atoms with van der Waals surface area (Å²) in [6.45, 7) is 4.42. The zero-order valence-corrected chi connectivity index (χ0v) is 21.6. The van der Waals surface area contributed by atoms with Crippen LogP contribution in [0.2, 0.25) is 0 Å². The van der Waals surface area contributed by atoms with Gasteiger partial charge in [0.2, 0.25) is 11.8 Å². The number of methoxy groups -OCH3 is 1. The lowest BCUT2D eigenvalue weighted by Gasteiger charge is -2.31. The van der Waals surface area contributed by atoms with Crippen molar-refractivity contribution in [3.05, 3.63) is 84.2 Å². The number of hydrogen-bond acceptors (Lipinski definition) is 7. The minimum atomic E-state index is -1.03. The molecule has 1 N–H and O–H groups in total. The van der Waals surface area contributed by atoms with Gasteiger partial charge in [-0.3, -0.25) is 19.5 Å². The molecule has 0 aliphatic rings. The number of carbonyl (C=O) groups is 3. The first-order valence-corrected chi connectivity index (χ1v) is 12.4. The summed E-state index contributed by atoms with van der Waals surface area (Å²) in [6.07, 6.45) is 3.93. The van der Waals surface area contributed by atoms with E-state index in [4.69, 9.17) is 4.74 Å². The fourth-order valence-corrected chi connectivity index (χ4v) is 4.12. The lowest BCUT2D eigenvalue weighted by Crippen LogP contribution is -2.45. The van der Waals surface area contributed by atoms with Gasteiger partial charge < -0.3 is 10.1 Å². The number of hydrogen-bond donors (Lipinski definition) is 1. The molecule has 0 fully saturated rings. The Morgan fingerprint density at radius 1 is 1.03 bits per heavy atom. The van der Waals surface area contributed by atoms with E-state index in [0.717, 1.165) is 6.42 Å². The van der Waals surface area contributed by atoms with Gasteiger partial charge in [0.1, 0.15) is 18.1 Å². The van der Waals surface area contributed by atoms with Gasteiger partial charge in [-0.2, -0.15) is 0 Å². The molecule has 0 aliphatic heterocycles. The van der Waals surface area contributed by atoms with Crippen LogP contribution in [-0.2, 0) is 20.9 Å². The number of ether oxygens (including phenoxy) is 1. The molecule has 196 valence electrons. The second kappa shape index (κ2) is 12.1. The molecular weight excluding hydrogens is 484 g/mol. The molecule has 1 atom stereocenters. The summed E-state index contributed by atoms with van der Waals surface area (Å²) in [6, 6.07) is 16.1. The molecular formula is C28H30N6O4. The molecule has 0 radical (unpaired) electrons. The molecule has 0 unspecified atom stereocenters. The van der Waals surface area contributed by atoms with Gasteiger partial charge in [-0.15, -0.1) is 5.10 Å². The fraction of sp³-hybridized carbons (Fsp3) is 0.286. The molecule has 0 spiro atoms. The van der Waals surface area contributed by atoms with Crippen LogP contribution in [0.5, 0.6) is 0 Å². The van der Waals surface area contributed by atoms with Crippen molar-refractivity contribution in [1.29, 1.82) is 0 Å². The Bertz CT molecular complexity index is 1420. The van der Waals surface area contributed by atoms with E-state index in [1.165, 1.54) is 16.7 Å².